The van der Waals surface area contributed by atoms with Crippen LogP contribution in [-0.4, -0.2) is 192 Å². The zero-order chi connectivity index (χ0) is 89.3. The standard InChI is InChI=1S/C31H41N3O3.C23H35N3O.C17H25NO6S.C17H23NO3.C14H18N2O.ClH.Na/c32-30(35)26-13-7-12-25(18-26)27-19-28-14-15-29(20-27)34(28)17-16-33(21-23-8-3-1-4-9-23)31(36)37-22-24-10-5-2-6-11-24;24-23(27)19-8-4-7-18(13-19)20-14-21-9-10-22(15-20)26(21)12-11-25-16-17-5-2-1-3-6-17;19-16(25(21,22)23)12-18(11-14-7-3-1-4-8-14)17(20)24-13-15-9-5-2-6-10-15;19-12-11-18(13-15-7-3-1-4-8-15)17(20)21-14-16-9-5-2-6-10-16;15-14(17)10-3-1-2-9(6-10)11-7-12-4-5-13(8-11)16-12;;/h2,5-7,10-13,18,23,27-29H,1,3-4,8-9,14-17,19-22H2,(H2,32,35);4,7-8,13,17,20-22,25H,1-3,5-6,9-12,14-16H2,(H2,24,27);2,5-6,9-10,14,16,19H,1,3-4,7-8,11-13H2,(H,21,22,23);2,5-6,9-10,12,15H,1,3-4,7-8,11,13-14H2;1-3,6,11-13,16H,4-5,7-8H2,(H2,15,17);1H;/q;;;;;;+1/p-1. The van der Waals surface area contributed by atoms with Crippen molar-refractivity contribution in [3.05, 3.63) is 214 Å². The van der Waals surface area contributed by atoms with Crippen LogP contribution >= 0.6 is 12.4 Å². The fourth-order valence-corrected chi connectivity index (χ4v) is 22.0. The number of fused-ring (bicyclic) bond motifs is 6. The van der Waals surface area contributed by atoms with Gasteiger partial charge in [0.2, 0.25) is 17.7 Å². The smallest absolute Gasteiger partial charge is 0.746 e. The molecule has 9 N–H and O–H groups in total. The van der Waals surface area contributed by atoms with Gasteiger partial charge in [-0.2, -0.15) is 0 Å². The quantitative estimate of drug-likeness (QED) is 0.00774. The van der Waals surface area contributed by atoms with Crippen molar-refractivity contribution in [2.24, 2.45) is 40.9 Å². The molecule has 16 rings (SSSR count). The van der Waals surface area contributed by atoms with Crippen molar-refractivity contribution in [3.63, 3.8) is 0 Å². The van der Waals surface area contributed by atoms with Gasteiger partial charge in [0.15, 0.2) is 5.44 Å². The minimum Gasteiger partial charge on any atom is -0.746 e. The molecule has 10 aliphatic rings. The van der Waals surface area contributed by atoms with Crippen LogP contribution in [0.15, 0.2) is 164 Å². The van der Waals surface area contributed by atoms with E-state index in [0.717, 1.165) is 118 Å². The van der Waals surface area contributed by atoms with E-state index in [2.05, 4.69) is 38.6 Å². The van der Waals surface area contributed by atoms with Crippen molar-refractivity contribution in [3.8, 4) is 0 Å². The number of nitrogens with zero attached hydrogens (tertiary/aromatic N) is 5. The van der Waals surface area contributed by atoms with Crippen LogP contribution in [0.25, 0.3) is 0 Å². The summed E-state index contributed by atoms with van der Waals surface area (Å²) in [6.07, 6.45) is 38.7. The molecule has 6 heterocycles. The number of aliphatic hydroxyl groups is 1. The monoisotopic (exact) mass is 1820 g/mol. The number of nitrogens with one attached hydrogen (secondary N) is 2. The molecule has 24 nitrogen and oxygen atoms in total. The second-order valence-electron chi connectivity index (χ2n) is 37.6. The molecule has 4 saturated carbocycles. The van der Waals surface area contributed by atoms with Gasteiger partial charge in [-0.25, -0.2) is 22.8 Å². The van der Waals surface area contributed by atoms with Crippen LogP contribution in [0.3, 0.4) is 0 Å². The minimum absolute atomic E-state index is 0. The maximum Gasteiger partial charge on any atom is 1.00 e. The normalized spacial score (nSPS) is 22.9. The number of nitrogens with two attached hydrogens (primary N) is 3. The maximum absolute atomic E-state index is 13.2. The predicted molar refractivity (Wildman–Crippen MR) is 501 cm³/mol. The molecule has 27 heteroatoms. The van der Waals surface area contributed by atoms with Crippen LogP contribution in [0.4, 0.5) is 14.4 Å². The first kappa shape index (κ1) is 103. The van der Waals surface area contributed by atoms with Crippen molar-refractivity contribution in [1.82, 2.24) is 35.1 Å². The number of aliphatic hydroxyl groups excluding tert-OH is 1. The van der Waals surface area contributed by atoms with Gasteiger partial charge in [0.25, 0.3) is 0 Å². The fraction of sp³-hybridized carbons (Fsp3) is 0.578. The van der Waals surface area contributed by atoms with Gasteiger partial charge in [-0.15, -0.1) is 12.4 Å². The van der Waals surface area contributed by atoms with Gasteiger partial charge in [0, 0.05) is 98.8 Å². The number of hydrogen-bond donors (Lipinski definition) is 6. The molecule has 0 radical (unpaired) electrons. The largest absolute Gasteiger partial charge is 1.00 e. The minimum atomic E-state index is -4.88. The van der Waals surface area contributed by atoms with Crippen molar-refractivity contribution < 1.29 is 95.4 Å². The third kappa shape index (κ3) is 33.1. The molecule has 6 bridgehead atoms. The second kappa shape index (κ2) is 53.8. The molecule has 0 aromatic heterocycles. The van der Waals surface area contributed by atoms with Gasteiger partial charge in [-0.05, 0) is 246 Å². The summed E-state index contributed by atoms with van der Waals surface area (Å²) >= 11 is 0. The summed E-state index contributed by atoms with van der Waals surface area (Å²) in [5.41, 5.74) is 22.6. The van der Waals surface area contributed by atoms with E-state index in [1.165, 1.54) is 182 Å². The van der Waals surface area contributed by atoms with E-state index in [-0.39, 0.29) is 98.0 Å². The molecule has 7 unspecified atom stereocenters. The molecular weight excluding hydrogens is 1680 g/mol. The summed E-state index contributed by atoms with van der Waals surface area (Å²) in [6.45, 7) is 7.03. The zero-order valence-electron chi connectivity index (χ0n) is 76.1. The molecule has 7 atom stereocenters. The van der Waals surface area contributed by atoms with Crippen molar-refractivity contribution in [1.29, 1.82) is 0 Å². The van der Waals surface area contributed by atoms with Crippen LogP contribution in [0.5, 0.6) is 0 Å². The van der Waals surface area contributed by atoms with Crippen LogP contribution in [-0.2, 0) is 48.9 Å². The topological polar surface area (TPSA) is 343 Å². The average molecular weight is 1820 g/mol. The first-order valence-corrected chi connectivity index (χ1v) is 49.2. The molecule has 6 aromatic carbocycles. The Labute approximate surface area is 794 Å². The van der Waals surface area contributed by atoms with Gasteiger partial charge < -0.3 is 71.2 Å². The van der Waals surface area contributed by atoms with E-state index < -0.39 is 34.3 Å². The van der Waals surface area contributed by atoms with Crippen LogP contribution in [0.2, 0.25) is 0 Å². The molecular formula is C102H142ClN10NaO14S. The number of carbonyl (C=O) groups is 7. The number of piperidine rings is 3. The van der Waals surface area contributed by atoms with Crippen molar-refractivity contribution in [2.45, 2.75) is 285 Å². The van der Waals surface area contributed by atoms with Crippen LogP contribution in [0, 0.1) is 23.7 Å². The van der Waals surface area contributed by atoms with E-state index in [4.69, 9.17) is 31.4 Å². The van der Waals surface area contributed by atoms with E-state index in [1.54, 1.807) is 24.3 Å². The number of aldehydes is 1. The van der Waals surface area contributed by atoms with E-state index in [0.29, 0.717) is 95.7 Å². The molecule has 0 spiro atoms. The van der Waals surface area contributed by atoms with E-state index in [1.807, 2.05) is 126 Å². The fourth-order valence-electron chi connectivity index (χ4n) is 21.7. The number of hydrogen-bond acceptors (Lipinski definition) is 18. The number of ether oxygens (including phenoxy) is 3. The Morgan fingerprint density at radius 2 is 0.775 bits per heavy atom. The number of rotatable bonds is 31. The molecule has 6 amide bonds. The summed E-state index contributed by atoms with van der Waals surface area (Å²) in [7, 11) is -4.88. The number of halogens is 1. The third-order valence-electron chi connectivity index (χ3n) is 28.5. The summed E-state index contributed by atoms with van der Waals surface area (Å²) in [5, 5.41) is 16.9. The molecule has 129 heavy (non-hydrogen) atoms. The SMILES string of the molecule is Cl.NC(=O)c1cccc(C2CC3CCC(C2)N3)c1.NC(=O)c1cccc(C2CC3CCC(C2)N3CCN(CC2CCCCC2)C(=O)OCc2ccccc2)c1.NC(=O)c1cccc(C2CC3CCC(C2)N3CCNCC2CCCCC2)c1.O=C(OCc1ccccc1)N(CC1CCCCC1)CC(O)S(=O)(=O)[O-].O=CCN(CC1CCCCC1)C(=O)OCc1ccccc1.[Na+]. The molecule has 10 fully saturated rings. The second-order valence-corrected chi connectivity index (χ2v) is 39.1. The zero-order valence-corrected chi connectivity index (χ0v) is 79.7. The van der Waals surface area contributed by atoms with E-state index in [9.17, 15) is 51.6 Å². The van der Waals surface area contributed by atoms with Gasteiger partial charge in [0.1, 0.15) is 36.2 Å². The van der Waals surface area contributed by atoms with Crippen LogP contribution < -0.4 is 57.4 Å². The number of primary amides is 3. The van der Waals surface area contributed by atoms with Crippen molar-refractivity contribution in [2.75, 3.05) is 65.4 Å². The first-order chi connectivity index (χ1) is 61.6. The molecule has 6 aliphatic heterocycles. The predicted octanol–water partition coefficient (Wildman–Crippen LogP) is 14.1. The third-order valence-corrected chi connectivity index (χ3v) is 29.3. The summed E-state index contributed by atoms with van der Waals surface area (Å²) in [6, 6.07) is 56.1. The first-order valence-electron chi connectivity index (χ1n) is 47.8. The number of benzene rings is 6. The summed E-state index contributed by atoms with van der Waals surface area (Å²) in [5.74, 6) is 2.84. The number of amides is 6. The Balaban J connectivity index is 0.000000171. The van der Waals surface area contributed by atoms with E-state index >= 15 is 0 Å². The summed E-state index contributed by atoms with van der Waals surface area (Å²) in [4.78, 5) is 92.9. The molecule has 4 aliphatic carbocycles. The van der Waals surface area contributed by atoms with Crippen LogP contribution in [0.1, 0.15) is 288 Å². The Bertz CT molecular complexity index is 4490. The average Bonchev–Trinajstić information content (AvgIpc) is 1.67. The molecule has 6 aromatic rings. The van der Waals surface area contributed by atoms with Gasteiger partial charge in [-0.3, -0.25) is 24.2 Å². The summed E-state index contributed by atoms with van der Waals surface area (Å²) < 4.78 is 49.2. The van der Waals surface area contributed by atoms with Gasteiger partial charge in [0.05, 0.1) is 13.1 Å². The Kier molecular flexibility index (Phi) is 43.1. The molecule has 698 valence electrons. The van der Waals surface area contributed by atoms with Gasteiger partial charge in [-0.1, -0.05) is 204 Å². The number of carbonyl (C=O) groups excluding carboxylic acids is 7. The van der Waals surface area contributed by atoms with Crippen molar-refractivity contribution >= 4 is 64.8 Å². The van der Waals surface area contributed by atoms with Gasteiger partial charge >= 0.3 is 47.8 Å². The maximum atomic E-state index is 13.2. The Morgan fingerprint density at radius 3 is 1.14 bits per heavy atom. The molecule has 6 saturated heterocycles. The Hall–Kier alpha value is -7.79. The Morgan fingerprint density at radius 1 is 0.442 bits per heavy atom.